The van der Waals surface area contributed by atoms with Crippen molar-refractivity contribution >= 4 is 11.4 Å². The number of rotatable bonds is 2. The van der Waals surface area contributed by atoms with Gasteiger partial charge in [0.25, 0.3) is 0 Å². The molecule has 5 aliphatic carbocycles. The van der Waals surface area contributed by atoms with Crippen LogP contribution in [0.3, 0.4) is 0 Å². The largest absolute Gasteiger partial charge is 0.295 e. The van der Waals surface area contributed by atoms with E-state index >= 15 is 0 Å². The maximum absolute atomic E-state index is 13.9. The van der Waals surface area contributed by atoms with Gasteiger partial charge < -0.3 is 0 Å². The molecular weight excluding hydrogens is 373 g/mol. The number of hydrogen-bond donors (Lipinski definition) is 0. The molecule has 5 aliphatic rings. The third-order valence-corrected chi connectivity index (χ3v) is 9.84. The molecule has 2 nitrogen and oxygen atoms in total. The third kappa shape index (κ3) is 2.59. The maximum atomic E-state index is 13.9. The van der Waals surface area contributed by atoms with Gasteiger partial charge in [-0.25, -0.2) is 4.39 Å². The maximum Gasteiger partial charge on any atom is 0.155 e. The summed E-state index contributed by atoms with van der Waals surface area (Å²) >= 11 is 0. The van der Waals surface area contributed by atoms with E-state index in [1.54, 1.807) is 6.07 Å². The van der Waals surface area contributed by atoms with Crippen LogP contribution in [0.15, 0.2) is 36.2 Å². The Morgan fingerprint density at radius 2 is 1.90 bits per heavy atom. The van der Waals surface area contributed by atoms with Crippen molar-refractivity contribution in [1.82, 2.24) is 4.98 Å². The Morgan fingerprint density at radius 3 is 2.67 bits per heavy atom. The first-order chi connectivity index (χ1) is 14.4. The first-order valence-electron chi connectivity index (χ1n) is 12.0. The van der Waals surface area contributed by atoms with Gasteiger partial charge in [0.1, 0.15) is 5.82 Å². The highest BCUT2D eigenvalue weighted by molar-refractivity contribution is 5.91. The molecule has 1 heterocycles. The van der Waals surface area contributed by atoms with Gasteiger partial charge in [0.05, 0.1) is 6.20 Å². The zero-order chi connectivity index (χ0) is 20.7. The van der Waals surface area contributed by atoms with Crippen LogP contribution in [0.1, 0.15) is 70.8 Å². The van der Waals surface area contributed by atoms with Gasteiger partial charge in [-0.1, -0.05) is 25.5 Å². The number of carbonyl (C=O) groups is 1. The zero-order valence-electron chi connectivity index (χ0n) is 18.2. The van der Waals surface area contributed by atoms with Gasteiger partial charge in [0, 0.05) is 12.6 Å². The van der Waals surface area contributed by atoms with Gasteiger partial charge in [0.15, 0.2) is 5.78 Å². The van der Waals surface area contributed by atoms with Gasteiger partial charge >= 0.3 is 0 Å². The summed E-state index contributed by atoms with van der Waals surface area (Å²) in [6.45, 7) is 4.92. The topological polar surface area (TPSA) is 30.0 Å². The average Bonchev–Trinajstić information content (AvgIpc) is 3.49. The number of ketones is 1. The third-order valence-electron chi connectivity index (χ3n) is 9.84. The lowest BCUT2D eigenvalue weighted by Crippen LogP contribution is -2.52. The van der Waals surface area contributed by atoms with Gasteiger partial charge in [-0.2, -0.15) is 0 Å². The Kier molecular flexibility index (Phi) is 4.03. The number of pyridine rings is 1. The number of halogens is 1. The van der Waals surface area contributed by atoms with Crippen molar-refractivity contribution in [3.05, 3.63) is 47.6 Å². The lowest BCUT2D eigenvalue weighted by molar-refractivity contribution is -0.117. The number of aromatic nitrogens is 1. The Bertz CT molecular complexity index is 975. The second-order valence-corrected chi connectivity index (χ2v) is 11.2. The minimum atomic E-state index is -0.241. The van der Waals surface area contributed by atoms with E-state index in [-0.39, 0.29) is 16.6 Å². The van der Waals surface area contributed by atoms with E-state index in [9.17, 15) is 9.18 Å². The molecule has 3 heteroatoms. The summed E-state index contributed by atoms with van der Waals surface area (Å²) in [5, 5.41) is 0. The smallest absolute Gasteiger partial charge is 0.155 e. The molecule has 0 amide bonds. The summed E-state index contributed by atoms with van der Waals surface area (Å²) < 4.78 is 13.9. The summed E-state index contributed by atoms with van der Waals surface area (Å²) in [5.74, 6) is 3.56. The Labute approximate surface area is 179 Å². The molecule has 4 unspecified atom stereocenters. The van der Waals surface area contributed by atoms with Crippen LogP contribution in [-0.2, 0) is 4.79 Å². The Hall–Kier alpha value is -1.77. The number of hydrogen-bond acceptors (Lipinski definition) is 2. The number of allylic oxidation sites excluding steroid dienone is 4. The minimum Gasteiger partial charge on any atom is -0.295 e. The Balaban J connectivity index is 1.38. The summed E-state index contributed by atoms with van der Waals surface area (Å²) in [6.07, 6.45) is 16.8. The van der Waals surface area contributed by atoms with Crippen LogP contribution in [0.25, 0.3) is 5.57 Å². The Morgan fingerprint density at radius 1 is 1.07 bits per heavy atom. The van der Waals surface area contributed by atoms with E-state index < -0.39 is 0 Å². The molecule has 30 heavy (non-hydrogen) atoms. The van der Waals surface area contributed by atoms with E-state index in [1.165, 1.54) is 43.0 Å². The van der Waals surface area contributed by atoms with Crippen LogP contribution < -0.4 is 0 Å². The standard InChI is InChI=1S/C27H32FNO/c1-26-10-8-24-21(23(26)6-5-22(26)17-11-18(28)15-29-14-17)13-20(16-3-4-16)25-12-19(30)7-9-27(24,25)2/h5,11-12,14-16,20-21,23-24H,3-4,6-10,13H2,1-2H3/t20?,21?,23?,24?,26-,27-/m1/s1. The molecule has 0 N–H and O–H groups in total. The molecule has 0 spiro atoms. The molecule has 3 saturated carbocycles. The fourth-order valence-corrected chi connectivity index (χ4v) is 8.21. The van der Waals surface area contributed by atoms with Crippen molar-refractivity contribution in [2.75, 3.05) is 0 Å². The van der Waals surface area contributed by atoms with Crippen LogP contribution in [0.2, 0.25) is 0 Å². The highest BCUT2D eigenvalue weighted by atomic mass is 19.1. The fraction of sp³-hybridized carbons (Fsp3) is 0.630. The predicted molar refractivity (Wildman–Crippen MR) is 116 cm³/mol. The molecule has 0 radical (unpaired) electrons. The summed E-state index contributed by atoms with van der Waals surface area (Å²) in [7, 11) is 0. The zero-order valence-corrected chi connectivity index (χ0v) is 18.2. The molecule has 6 atom stereocenters. The lowest BCUT2D eigenvalue weighted by Gasteiger charge is -2.60. The molecular formula is C27H32FNO. The average molecular weight is 406 g/mol. The second-order valence-electron chi connectivity index (χ2n) is 11.2. The molecule has 0 aromatic carbocycles. The van der Waals surface area contributed by atoms with Gasteiger partial charge in [-0.3, -0.25) is 9.78 Å². The van der Waals surface area contributed by atoms with E-state index in [0.29, 0.717) is 29.5 Å². The molecule has 0 aliphatic heterocycles. The first-order valence-corrected chi connectivity index (χ1v) is 12.0. The first kappa shape index (κ1) is 19.0. The van der Waals surface area contributed by atoms with E-state index in [4.69, 9.17) is 0 Å². The van der Waals surface area contributed by atoms with Crippen molar-refractivity contribution in [2.24, 2.45) is 40.4 Å². The van der Waals surface area contributed by atoms with Crippen molar-refractivity contribution < 1.29 is 9.18 Å². The van der Waals surface area contributed by atoms with Gasteiger partial charge in [-0.05, 0) is 109 Å². The molecule has 1 aromatic heterocycles. The van der Waals surface area contributed by atoms with Crippen molar-refractivity contribution in [1.29, 1.82) is 0 Å². The molecule has 3 fully saturated rings. The van der Waals surface area contributed by atoms with Crippen LogP contribution >= 0.6 is 0 Å². The minimum absolute atomic E-state index is 0.118. The molecule has 158 valence electrons. The van der Waals surface area contributed by atoms with E-state index in [2.05, 4.69) is 31.0 Å². The normalized spacial score (nSPS) is 42.7. The number of fused-ring (bicyclic) bond motifs is 5. The van der Waals surface area contributed by atoms with Crippen molar-refractivity contribution in [3.8, 4) is 0 Å². The van der Waals surface area contributed by atoms with Gasteiger partial charge in [0.2, 0.25) is 0 Å². The van der Waals surface area contributed by atoms with Crippen LogP contribution in [0.4, 0.5) is 4.39 Å². The monoisotopic (exact) mass is 405 g/mol. The van der Waals surface area contributed by atoms with Crippen LogP contribution in [0, 0.1) is 46.2 Å². The van der Waals surface area contributed by atoms with E-state index in [1.807, 2.05) is 6.20 Å². The van der Waals surface area contributed by atoms with Crippen LogP contribution in [0.5, 0.6) is 0 Å². The summed E-state index contributed by atoms with van der Waals surface area (Å²) in [4.78, 5) is 16.5. The van der Waals surface area contributed by atoms with E-state index in [0.717, 1.165) is 37.2 Å². The fourth-order valence-electron chi connectivity index (χ4n) is 8.21. The lowest BCUT2D eigenvalue weighted by atomic mass is 9.44. The highest BCUT2D eigenvalue weighted by Crippen LogP contribution is 2.69. The molecule has 0 saturated heterocycles. The van der Waals surface area contributed by atoms with Crippen molar-refractivity contribution in [2.45, 2.75) is 65.2 Å². The quantitative estimate of drug-likeness (QED) is 0.571. The van der Waals surface area contributed by atoms with Crippen LogP contribution in [-0.4, -0.2) is 10.8 Å². The summed E-state index contributed by atoms with van der Waals surface area (Å²) in [5.41, 5.74) is 4.14. The number of nitrogens with zero attached hydrogens (tertiary/aromatic N) is 1. The molecule has 0 bridgehead atoms. The SMILES string of the molecule is C[C@]12CCC(=O)C=C1C(C1CC1)CC1C2CC[C@]2(C)C(c3cncc(F)c3)=CCC12. The highest BCUT2D eigenvalue weighted by Gasteiger charge is 2.60. The van der Waals surface area contributed by atoms with Gasteiger partial charge in [-0.15, -0.1) is 0 Å². The van der Waals surface area contributed by atoms with Crippen molar-refractivity contribution in [3.63, 3.8) is 0 Å². The number of carbonyl (C=O) groups excluding carboxylic acids is 1. The molecule has 6 rings (SSSR count). The second kappa shape index (κ2) is 6.37. The molecule has 1 aromatic rings. The predicted octanol–water partition coefficient (Wildman–Crippen LogP) is 6.38. The summed E-state index contributed by atoms with van der Waals surface area (Å²) in [6, 6.07) is 1.67.